The number of aryl methyl sites for hydroxylation is 2. The molecule has 0 unspecified atom stereocenters. The average Bonchev–Trinajstić information content (AvgIpc) is 3.38. The molecule has 2 aromatic carbocycles. The molecule has 6 rings (SSSR count). The molecule has 0 saturated carbocycles. The van der Waals surface area contributed by atoms with Crippen molar-refractivity contribution in [3.63, 3.8) is 0 Å². The molecule has 3 aromatic heterocycles. The molecule has 0 aliphatic carbocycles. The first-order valence-electron chi connectivity index (χ1n) is 11.9. The monoisotopic (exact) mass is 563 g/mol. The SMILES string of the molecule is COc1cnc2c(-c3nc4c(Cl)cc5c(c4s3)OC[C@@H](OC(=O)N(C)c3ccnc(C)c3)O5)cc(C)cc2n1. The second-order valence-electron chi connectivity index (χ2n) is 8.93. The molecule has 4 heterocycles. The number of nitrogens with zero attached hydrogens (tertiary/aromatic N) is 5. The molecule has 1 aliphatic rings. The van der Waals surface area contributed by atoms with Crippen molar-refractivity contribution in [2.45, 2.75) is 20.1 Å². The predicted molar refractivity (Wildman–Crippen MR) is 148 cm³/mol. The summed E-state index contributed by atoms with van der Waals surface area (Å²) >= 11 is 8.03. The van der Waals surface area contributed by atoms with Crippen LogP contribution in [-0.4, -0.2) is 53.1 Å². The number of fused-ring (bicyclic) bond motifs is 4. The van der Waals surface area contributed by atoms with Crippen molar-refractivity contribution >= 4 is 56.0 Å². The van der Waals surface area contributed by atoms with Crippen LogP contribution in [0.4, 0.5) is 10.5 Å². The minimum atomic E-state index is -0.956. The lowest BCUT2D eigenvalue weighted by molar-refractivity contribution is -0.0717. The van der Waals surface area contributed by atoms with Crippen LogP contribution < -0.4 is 19.1 Å². The number of benzene rings is 2. The van der Waals surface area contributed by atoms with E-state index in [0.717, 1.165) is 21.5 Å². The summed E-state index contributed by atoms with van der Waals surface area (Å²) in [5.41, 5.74) is 5.24. The number of amides is 1. The summed E-state index contributed by atoms with van der Waals surface area (Å²) in [6.07, 6.45) is 1.66. The third-order valence-electron chi connectivity index (χ3n) is 6.15. The van der Waals surface area contributed by atoms with Gasteiger partial charge in [0.25, 0.3) is 6.29 Å². The molecule has 10 nitrogen and oxygen atoms in total. The Morgan fingerprint density at radius 1 is 1.15 bits per heavy atom. The molecule has 1 atom stereocenters. The number of hydrogen-bond acceptors (Lipinski definition) is 10. The maximum Gasteiger partial charge on any atom is 0.417 e. The van der Waals surface area contributed by atoms with Gasteiger partial charge in [-0.2, -0.15) is 0 Å². The van der Waals surface area contributed by atoms with Crippen LogP contribution in [-0.2, 0) is 4.74 Å². The van der Waals surface area contributed by atoms with E-state index in [2.05, 4.69) is 15.0 Å². The fourth-order valence-electron chi connectivity index (χ4n) is 4.27. The molecule has 1 amide bonds. The van der Waals surface area contributed by atoms with Gasteiger partial charge in [0.2, 0.25) is 5.88 Å². The van der Waals surface area contributed by atoms with Crippen LogP contribution in [0.25, 0.3) is 31.8 Å². The topological polar surface area (TPSA) is 109 Å². The van der Waals surface area contributed by atoms with Crippen LogP contribution in [0.5, 0.6) is 17.4 Å². The van der Waals surface area contributed by atoms with Crippen molar-refractivity contribution in [3.05, 3.63) is 59.0 Å². The maximum absolute atomic E-state index is 12.7. The first-order valence-corrected chi connectivity index (χ1v) is 13.1. The van der Waals surface area contributed by atoms with Crippen LogP contribution in [0, 0.1) is 13.8 Å². The largest absolute Gasteiger partial charge is 0.480 e. The van der Waals surface area contributed by atoms with E-state index in [1.807, 2.05) is 26.0 Å². The molecule has 0 radical (unpaired) electrons. The minimum Gasteiger partial charge on any atom is -0.480 e. The lowest BCUT2D eigenvalue weighted by Gasteiger charge is -2.28. The van der Waals surface area contributed by atoms with Gasteiger partial charge >= 0.3 is 6.09 Å². The van der Waals surface area contributed by atoms with Crippen LogP contribution >= 0.6 is 22.9 Å². The highest BCUT2D eigenvalue weighted by Crippen LogP contribution is 2.47. The van der Waals surface area contributed by atoms with Gasteiger partial charge in [0, 0.05) is 30.6 Å². The Balaban J connectivity index is 1.30. The third kappa shape index (κ3) is 4.64. The number of thiazole rings is 1. The van der Waals surface area contributed by atoms with Crippen molar-refractivity contribution in [3.8, 4) is 28.0 Å². The normalized spacial score (nSPS) is 14.4. The van der Waals surface area contributed by atoms with Crippen LogP contribution in [0.15, 0.2) is 42.7 Å². The van der Waals surface area contributed by atoms with Crippen LogP contribution in [0.1, 0.15) is 11.3 Å². The van der Waals surface area contributed by atoms with Crippen molar-refractivity contribution in [2.24, 2.45) is 0 Å². The van der Waals surface area contributed by atoms with Gasteiger partial charge in [-0.3, -0.25) is 9.88 Å². The molecular formula is C27H22ClN5O5S. The first-order chi connectivity index (χ1) is 18.8. The Morgan fingerprint density at radius 2 is 2.00 bits per heavy atom. The summed E-state index contributed by atoms with van der Waals surface area (Å²) in [5.74, 6) is 1.30. The zero-order chi connectivity index (χ0) is 27.3. The highest BCUT2D eigenvalue weighted by atomic mass is 35.5. The Morgan fingerprint density at radius 3 is 2.79 bits per heavy atom. The standard InChI is InChI=1S/C27H22ClN5O5S/c1-13-7-16(22-18(8-13)31-20(35-4)11-30-22)26-32-23-17(28)10-19-24(25(23)39-26)36-12-21(37-19)38-27(34)33(3)15-5-6-29-14(2)9-15/h5-11,21H,12H2,1-4H3/t21-/m1/s1. The Labute approximate surface area is 232 Å². The number of hydrogen-bond donors (Lipinski definition) is 0. The van der Waals surface area contributed by atoms with E-state index in [0.29, 0.717) is 49.6 Å². The molecular weight excluding hydrogens is 542 g/mol. The van der Waals surface area contributed by atoms with E-state index < -0.39 is 12.4 Å². The minimum absolute atomic E-state index is 0.00453. The van der Waals surface area contributed by atoms with Crippen molar-refractivity contribution in [2.75, 3.05) is 25.7 Å². The molecule has 12 heteroatoms. The molecule has 0 saturated heterocycles. The predicted octanol–water partition coefficient (Wildman–Crippen LogP) is 5.95. The smallest absolute Gasteiger partial charge is 0.417 e. The quantitative estimate of drug-likeness (QED) is 0.262. The number of ether oxygens (including phenoxy) is 4. The number of methoxy groups -OCH3 is 1. The molecule has 0 fully saturated rings. The lowest BCUT2D eigenvalue weighted by atomic mass is 10.1. The van der Waals surface area contributed by atoms with Gasteiger partial charge in [-0.15, -0.1) is 11.3 Å². The summed E-state index contributed by atoms with van der Waals surface area (Å²) in [5, 5.41) is 1.09. The number of rotatable bonds is 4. The maximum atomic E-state index is 12.7. The number of pyridine rings is 1. The number of aromatic nitrogens is 4. The summed E-state index contributed by atoms with van der Waals surface area (Å²) < 4.78 is 23.5. The highest BCUT2D eigenvalue weighted by Gasteiger charge is 2.30. The first kappa shape index (κ1) is 25.1. The second-order valence-corrected chi connectivity index (χ2v) is 10.3. The second kappa shape index (κ2) is 9.83. The summed E-state index contributed by atoms with van der Waals surface area (Å²) in [6, 6.07) is 9.08. The molecule has 5 aromatic rings. The Bertz CT molecular complexity index is 1760. The summed E-state index contributed by atoms with van der Waals surface area (Å²) in [7, 11) is 3.17. The fourth-order valence-corrected chi connectivity index (χ4v) is 5.66. The van der Waals surface area contributed by atoms with Gasteiger partial charge in [-0.1, -0.05) is 11.6 Å². The molecule has 198 valence electrons. The molecule has 39 heavy (non-hydrogen) atoms. The van der Waals surface area contributed by atoms with E-state index in [1.54, 1.807) is 44.8 Å². The van der Waals surface area contributed by atoms with Crippen molar-refractivity contribution in [1.29, 1.82) is 0 Å². The van der Waals surface area contributed by atoms with Crippen molar-refractivity contribution in [1.82, 2.24) is 19.9 Å². The lowest BCUT2D eigenvalue weighted by Crippen LogP contribution is -2.38. The molecule has 0 bridgehead atoms. The number of carbonyl (C=O) groups is 1. The Hall–Kier alpha value is -4.22. The molecule has 1 aliphatic heterocycles. The zero-order valence-electron chi connectivity index (χ0n) is 21.4. The van der Waals surface area contributed by atoms with Gasteiger partial charge in [0.15, 0.2) is 18.1 Å². The van der Waals surface area contributed by atoms with Gasteiger partial charge in [0.05, 0.1) is 35.1 Å². The van der Waals surface area contributed by atoms with E-state index >= 15 is 0 Å². The van der Waals surface area contributed by atoms with Gasteiger partial charge in [-0.05, 0) is 43.7 Å². The van der Waals surface area contributed by atoms with Crippen molar-refractivity contribution < 1.29 is 23.7 Å². The third-order valence-corrected chi connectivity index (χ3v) is 7.52. The summed E-state index contributed by atoms with van der Waals surface area (Å²) in [4.78, 5) is 32.2. The van der Waals surface area contributed by atoms with E-state index in [1.165, 1.54) is 16.2 Å². The fraction of sp³-hybridized carbons (Fsp3) is 0.222. The molecule has 0 spiro atoms. The van der Waals surface area contributed by atoms with Gasteiger partial charge in [-0.25, -0.2) is 19.7 Å². The summed E-state index contributed by atoms with van der Waals surface area (Å²) in [6.45, 7) is 3.83. The van der Waals surface area contributed by atoms with E-state index in [-0.39, 0.29) is 6.61 Å². The molecule has 0 N–H and O–H groups in total. The van der Waals surface area contributed by atoms with Crippen LogP contribution in [0.3, 0.4) is 0 Å². The van der Waals surface area contributed by atoms with E-state index in [9.17, 15) is 4.79 Å². The zero-order valence-corrected chi connectivity index (χ0v) is 23.0. The van der Waals surface area contributed by atoms with Gasteiger partial charge < -0.3 is 18.9 Å². The highest BCUT2D eigenvalue weighted by molar-refractivity contribution is 7.22. The average molecular weight is 564 g/mol. The van der Waals surface area contributed by atoms with Gasteiger partial charge in [0.1, 0.15) is 15.2 Å². The van der Waals surface area contributed by atoms with Crippen LogP contribution in [0.2, 0.25) is 5.02 Å². The number of anilines is 1. The number of carbonyl (C=O) groups excluding carboxylic acids is 1. The number of halogens is 1. The van der Waals surface area contributed by atoms with E-state index in [4.69, 9.17) is 35.5 Å². The Kier molecular flexibility index (Phi) is 6.32.